The Kier molecular flexibility index (Phi) is 4.07. The molecular formula is C22H15ClN4O2. The van der Waals surface area contributed by atoms with Crippen LogP contribution in [0.5, 0.6) is 5.75 Å². The summed E-state index contributed by atoms with van der Waals surface area (Å²) in [5.74, 6) is 1.18. The van der Waals surface area contributed by atoms with Gasteiger partial charge in [0.2, 0.25) is 5.78 Å². The summed E-state index contributed by atoms with van der Waals surface area (Å²) in [6.07, 6.45) is 0. The maximum Gasteiger partial charge on any atom is 0.263 e. The van der Waals surface area contributed by atoms with E-state index in [2.05, 4.69) is 10.2 Å². The Morgan fingerprint density at radius 1 is 0.897 bits per heavy atom. The summed E-state index contributed by atoms with van der Waals surface area (Å²) < 4.78 is 3.44. The van der Waals surface area contributed by atoms with Crippen molar-refractivity contribution in [2.24, 2.45) is 0 Å². The molecule has 0 saturated heterocycles. The van der Waals surface area contributed by atoms with Gasteiger partial charge >= 0.3 is 0 Å². The van der Waals surface area contributed by atoms with Crippen molar-refractivity contribution in [1.29, 1.82) is 0 Å². The minimum atomic E-state index is -0.155. The Labute approximate surface area is 170 Å². The molecule has 5 aromatic rings. The zero-order valence-electron chi connectivity index (χ0n) is 15.2. The summed E-state index contributed by atoms with van der Waals surface area (Å²) in [5, 5.41) is 19.4. The number of fused-ring (bicyclic) bond motifs is 3. The van der Waals surface area contributed by atoms with E-state index >= 15 is 0 Å². The van der Waals surface area contributed by atoms with Gasteiger partial charge in [-0.15, -0.1) is 10.2 Å². The van der Waals surface area contributed by atoms with Gasteiger partial charge in [-0.2, -0.15) is 0 Å². The zero-order valence-corrected chi connectivity index (χ0v) is 15.9. The molecule has 0 aliphatic rings. The standard InChI is InChI=1S/C22H15ClN4O2/c23-18-7-3-1-5-15(18)13-26-21(29)17-6-2-4-8-19(17)27-20(24-25-22(26)27)14-9-11-16(28)12-10-14/h1-12,28H,13H2. The van der Waals surface area contributed by atoms with Crippen molar-refractivity contribution in [2.45, 2.75) is 6.54 Å². The third kappa shape index (κ3) is 2.85. The van der Waals surface area contributed by atoms with Crippen molar-refractivity contribution >= 4 is 28.3 Å². The molecule has 0 aliphatic heterocycles. The van der Waals surface area contributed by atoms with Crippen LogP contribution in [-0.2, 0) is 6.54 Å². The second kappa shape index (κ2) is 6.76. The lowest BCUT2D eigenvalue weighted by Gasteiger charge is -2.12. The van der Waals surface area contributed by atoms with Crippen LogP contribution in [0.2, 0.25) is 5.02 Å². The van der Waals surface area contributed by atoms with Gasteiger partial charge in [0.1, 0.15) is 5.75 Å². The average molecular weight is 403 g/mol. The minimum absolute atomic E-state index is 0.155. The number of benzene rings is 3. The van der Waals surface area contributed by atoms with Crippen molar-refractivity contribution in [3.8, 4) is 17.1 Å². The van der Waals surface area contributed by atoms with Gasteiger partial charge in [0.05, 0.1) is 17.4 Å². The summed E-state index contributed by atoms with van der Waals surface area (Å²) in [6, 6.07) is 21.5. The predicted octanol–water partition coefficient (Wildman–Crippen LogP) is 4.12. The van der Waals surface area contributed by atoms with E-state index in [0.29, 0.717) is 22.0 Å². The highest BCUT2D eigenvalue weighted by atomic mass is 35.5. The molecule has 2 aromatic heterocycles. The fourth-order valence-corrected chi connectivity index (χ4v) is 3.69. The fourth-order valence-electron chi connectivity index (χ4n) is 3.50. The van der Waals surface area contributed by atoms with Crippen LogP contribution in [0.3, 0.4) is 0 Å². The van der Waals surface area contributed by atoms with Crippen LogP contribution in [0.4, 0.5) is 0 Å². The normalized spacial score (nSPS) is 11.3. The number of phenolic OH excluding ortho intramolecular Hbond substituents is 1. The molecule has 0 unspecified atom stereocenters. The largest absolute Gasteiger partial charge is 0.508 e. The molecule has 0 bridgehead atoms. The molecule has 1 N–H and O–H groups in total. The van der Waals surface area contributed by atoms with E-state index in [9.17, 15) is 9.90 Å². The molecule has 7 heteroatoms. The maximum absolute atomic E-state index is 13.3. The molecule has 142 valence electrons. The zero-order chi connectivity index (χ0) is 20.0. The quantitative estimate of drug-likeness (QED) is 0.492. The molecule has 0 aliphatic carbocycles. The summed E-state index contributed by atoms with van der Waals surface area (Å²) in [5.41, 5.74) is 2.17. The van der Waals surface area contributed by atoms with Gasteiger partial charge in [0.25, 0.3) is 5.56 Å². The number of nitrogens with zero attached hydrogens (tertiary/aromatic N) is 4. The van der Waals surface area contributed by atoms with Crippen molar-refractivity contribution in [1.82, 2.24) is 19.2 Å². The predicted molar refractivity (Wildman–Crippen MR) is 112 cm³/mol. The maximum atomic E-state index is 13.3. The number of hydrogen-bond donors (Lipinski definition) is 1. The SMILES string of the molecule is O=c1c2ccccc2n2c(-c3ccc(O)cc3)nnc2n1Cc1ccccc1Cl. The first-order valence-electron chi connectivity index (χ1n) is 9.03. The van der Waals surface area contributed by atoms with Crippen molar-refractivity contribution in [3.05, 3.63) is 93.7 Å². The number of halogens is 1. The van der Waals surface area contributed by atoms with Gasteiger partial charge < -0.3 is 5.11 Å². The van der Waals surface area contributed by atoms with Crippen LogP contribution in [0.15, 0.2) is 77.6 Å². The fraction of sp³-hybridized carbons (Fsp3) is 0.0455. The molecule has 0 saturated carbocycles. The number of rotatable bonds is 3. The topological polar surface area (TPSA) is 72.4 Å². The summed E-state index contributed by atoms with van der Waals surface area (Å²) in [4.78, 5) is 13.3. The summed E-state index contributed by atoms with van der Waals surface area (Å²) in [7, 11) is 0. The van der Waals surface area contributed by atoms with Crippen LogP contribution in [0.1, 0.15) is 5.56 Å². The minimum Gasteiger partial charge on any atom is -0.508 e. The molecule has 29 heavy (non-hydrogen) atoms. The van der Waals surface area contributed by atoms with Crippen molar-refractivity contribution in [3.63, 3.8) is 0 Å². The Balaban J connectivity index is 1.84. The van der Waals surface area contributed by atoms with E-state index in [0.717, 1.165) is 16.6 Å². The van der Waals surface area contributed by atoms with E-state index in [-0.39, 0.29) is 17.9 Å². The lowest BCUT2D eigenvalue weighted by atomic mass is 10.2. The number of para-hydroxylation sites is 1. The molecule has 0 fully saturated rings. The van der Waals surface area contributed by atoms with Gasteiger partial charge in [0.15, 0.2) is 5.82 Å². The number of hydrogen-bond acceptors (Lipinski definition) is 4. The molecule has 5 rings (SSSR count). The van der Waals surface area contributed by atoms with Gasteiger partial charge in [-0.05, 0) is 48.0 Å². The lowest BCUT2D eigenvalue weighted by molar-refractivity contribution is 0.475. The Morgan fingerprint density at radius 2 is 1.62 bits per heavy atom. The molecule has 6 nitrogen and oxygen atoms in total. The molecule has 0 radical (unpaired) electrons. The van der Waals surface area contributed by atoms with Crippen molar-refractivity contribution < 1.29 is 5.11 Å². The second-order valence-electron chi connectivity index (χ2n) is 6.71. The lowest BCUT2D eigenvalue weighted by Crippen LogP contribution is -2.24. The third-order valence-corrected chi connectivity index (χ3v) is 5.29. The van der Waals surface area contributed by atoms with Crippen molar-refractivity contribution in [2.75, 3.05) is 0 Å². The number of aromatic hydroxyl groups is 1. The molecule has 0 amide bonds. The number of aromatic nitrogens is 4. The average Bonchev–Trinajstić information content (AvgIpc) is 3.18. The summed E-state index contributed by atoms with van der Waals surface area (Å²) >= 11 is 6.33. The third-order valence-electron chi connectivity index (χ3n) is 4.92. The van der Waals surface area contributed by atoms with Gasteiger partial charge in [-0.3, -0.25) is 13.8 Å². The van der Waals surface area contributed by atoms with Gasteiger partial charge in [-0.25, -0.2) is 0 Å². The molecule has 3 aromatic carbocycles. The second-order valence-corrected chi connectivity index (χ2v) is 7.11. The van der Waals surface area contributed by atoms with Crippen LogP contribution in [-0.4, -0.2) is 24.3 Å². The van der Waals surface area contributed by atoms with Crippen LogP contribution in [0, 0.1) is 0 Å². The smallest absolute Gasteiger partial charge is 0.263 e. The monoisotopic (exact) mass is 402 g/mol. The van der Waals surface area contributed by atoms with E-state index in [1.54, 1.807) is 41.0 Å². The highest BCUT2D eigenvalue weighted by molar-refractivity contribution is 6.31. The van der Waals surface area contributed by atoms with Crippen LogP contribution >= 0.6 is 11.6 Å². The Hall–Kier alpha value is -3.64. The number of phenols is 1. The molecule has 0 atom stereocenters. The Morgan fingerprint density at radius 3 is 2.41 bits per heavy atom. The van der Waals surface area contributed by atoms with Crippen LogP contribution in [0.25, 0.3) is 28.1 Å². The highest BCUT2D eigenvalue weighted by Crippen LogP contribution is 2.25. The van der Waals surface area contributed by atoms with Gasteiger partial charge in [-0.1, -0.05) is 41.9 Å². The van der Waals surface area contributed by atoms with E-state index in [4.69, 9.17) is 11.6 Å². The summed E-state index contributed by atoms with van der Waals surface area (Å²) in [6.45, 7) is 0.278. The Bertz CT molecular complexity index is 1420. The van der Waals surface area contributed by atoms with Gasteiger partial charge in [0, 0.05) is 10.6 Å². The van der Waals surface area contributed by atoms with Crippen LogP contribution < -0.4 is 5.56 Å². The van der Waals surface area contributed by atoms with E-state index in [1.807, 2.05) is 40.8 Å². The first-order valence-corrected chi connectivity index (χ1v) is 9.41. The molecule has 0 spiro atoms. The van der Waals surface area contributed by atoms with E-state index in [1.165, 1.54) is 0 Å². The van der Waals surface area contributed by atoms with E-state index < -0.39 is 0 Å². The molecular weight excluding hydrogens is 388 g/mol. The first kappa shape index (κ1) is 17.5. The first-order chi connectivity index (χ1) is 14.1. The highest BCUT2D eigenvalue weighted by Gasteiger charge is 2.18. The molecule has 2 heterocycles.